The smallest absolute Gasteiger partial charge is 0.199 e. The maximum Gasteiger partial charge on any atom is 0.199 e. The predicted molar refractivity (Wildman–Crippen MR) is 72.6 cm³/mol. The van der Waals surface area contributed by atoms with Gasteiger partial charge < -0.3 is 0 Å². The molecule has 1 rings (SSSR count). The third-order valence-electron chi connectivity index (χ3n) is 2.68. The molecule has 0 aliphatic carbocycles. The van der Waals surface area contributed by atoms with Crippen LogP contribution in [0.5, 0.6) is 0 Å². The van der Waals surface area contributed by atoms with E-state index in [1.54, 1.807) is 34.7 Å². The van der Waals surface area contributed by atoms with Crippen LogP contribution in [0, 0.1) is 5.92 Å². The average molecular weight is 334 g/mol. The summed E-state index contributed by atoms with van der Waals surface area (Å²) in [7, 11) is 0. The number of halogens is 2. The van der Waals surface area contributed by atoms with Gasteiger partial charge in [-0.2, -0.15) is 0 Å². The quantitative estimate of drug-likeness (QED) is 0.589. The molecule has 0 aliphatic rings. The summed E-state index contributed by atoms with van der Waals surface area (Å²) in [6, 6.07) is 7.23. The maximum atomic E-state index is 13.7. The van der Waals surface area contributed by atoms with Gasteiger partial charge in [0.15, 0.2) is 3.79 Å². The predicted octanol–water partition coefficient (Wildman–Crippen LogP) is 4.42. The summed E-state index contributed by atoms with van der Waals surface area (Å²) >= 11 is 1.79. The van der Waals surface area contributed by atoms with Gasteiger partial charge in [0.2, 0.25) is 0 Å². The van der Waals surface area contributed by atoms with Crippen LogP contribution in [0.2, 0.25) is 0 Å². The van der Waals surface area contributed by atoms with Gasteiger partial charge >= 0.3 is 0 Å². The average Bonchev–Trinajstić information content (AvgIpc) is 2.27. The molecule has 0 saturated carbocycles. The summed E-state index contributed by atoms with van der Waals surface area (Å²) < 4.78 is 13.8. The second-order valence-electron chi connectivity index (χ2n) is 4.34. The van der Waals surface area contributed by atoms with Gasteiger partial charge in [-0.3, -0.25) is 4.79 Å². The number of rotatable bonds is 4. The zero-order chi connectivity index (χ0) is 12.3. The number of carbonyl (C=O) groups excluding carboxylic acids is 1. The fraction of sp³-hybridized carbons (Fsp3) is 0.462. The third-order valence-corrected chi connectivity index (χ3v) is 3.61. The summed E-state index contributed by atoms with van der Waals surface area (Å²) in [5.41, 5.74) is 1.63. The Bertz CT molecular complexity index is 359. The second-order valence-corrected chi connectivity index (χ2v) is 5.40. The molecular formula is C13H16FIO. The van der Waals surface area contributed by atoms with Gasteiger partial charge in [0.05, 0.1) is 0 Å². The van der Waals surface area contributed by atoms with Crippen molar-refractivity contribution in [1.29, 1.82) is 0 Å². The van der Waals surface area contributed by atoms with Crippen LogP contribution in [0.25, 0.3) is 0 Å². The first-order valence-electron chi connectivity index (χ1n) is 5.36. The van der Waals surface area contributed by atoms with Gasteiger partial charge in [-0.15, -0.1) is 0 Å². The van der Waals surface area contributed by atoms with Crippen LogP contribution in [0.15, 0.2) is 24.3 Å². The molecule has 0 saturated heterocycles. The summed E-state index contributed by atoms with van der Waals surface area (Å²) in [5, 5.41) is 0. The van der Waals surface area contributed by atoms with Crippen molar-refractivity contribution in [2.45, 2.75) is 32.9 Å². The molecule has 2 atom stereocenters. The first-order valence-corrected chi connectivity index (χ1v) is 6.44. The first kappa shape index (κ1) is 13.6. The highest BCUT2D eigenvalue weighted by Crippen LogP contribution is 2.27. The van der Waals surface area contributed by atoms with Crippen LogP contribution < -0.4 is 0 Å². The van der Waals surface area contributed by atoms with Gasteiger partial charge in [0.25, 0.3) is 0 Å². The van der Waals surface area contributed by atoms with Gasteiger partial charge in [-0.05, 0) is 17.0 Å². The van der Waals surface area contributed by atoms with Crippen molar-refractivity contribution in [3.63, 3.8) is 0 Å². The van der Waals surface area contributed by atoms with Crippen LogP contribution in [-0.2, 0) is 4.79 Å². The Hall–Kier alpha value is -0.450. The lowest BCUT2D eigenvalue weighted by Gasteiger charge is -2.13. The Morgan fingerprint density at radius 3 is 1.94 bits per heavy atom. The van der Waals surface area contributed by atoms with E-state index in [9.17, 15) is 9.18 Å². The van der Waals surface area contributed by atoms with Crippen molar-refractivity contribution in [2.24, 2.45) is 5.92 Å². The molecule has 3 heteroatoms. The van der Waals surface area contributed by atoms with Gasteiger partial charge in [0.1, 0.15) is 6.17 Å². The molecule has 2 unspecified atom stereocenters. The normalized spacial score (nSPS) is 14.9. The van der Waals surface area contributed by atoms with Crippen LogP contribution >= 0.6 is 22.6 Å². The molecule has 0 radical (unpaired) electrons. The molecule has 0 bridgehead atoms. The summed E-state index contributed by atoms with van der Waals surface area (Å²) in [4.78, 5) is 11.2. The fourth-order valence-corrected chi connectivity index (χ4v) is 1.84. The molecule has 0 heterocycles. The minimum atomic E-state index is -0.931. The van der Waals surface area contributed by atoms with E-state index in [1.165, 1.54) is 0 Å². The summed E-state index contributed by atoms with van der Waals surface area (Å²) in [5.74, 6) is -0.138. The second kappa shape index (κ2) is 5.75. The number of benzene rings is 1. The largest absolute Gasteiger partial charge is 0.287 e. The van der Waals surface area contributed by atoms with Crippen LogP contribution in [-0.4, -0.2) is 3.79 Å². The zero-order valence-electron chi connectivity index (χ0n) is 9.71. The molecule has 1 aromatic carbocycles. The Labute approximate surface area is 110 Å². The zero-order valence-corrected chi connectivity index (χ0v) is 11.9. The number of hydrogen-bond donors (Lipinski definition) is 0. The minimum Gasteiger partial charge on any atom is -0.287 e. The lowest BCUT2D eigenvalue weighted by molar-refractivity contribution is -0.110. The highest BCUT2D eigenvalue weighted by atomic mass is 127. The van der Waals surface area contributed by atoms with Gasteiger partial charge in [-0.25, -0.2) is 4.39 Å². The van der Waals surface area contributed by atoms with Crippen molar-refractivity contribution >= 4 is 26.4 Å². The molecule has 1 aromatic rings. The molecule has 0 aliphatic heterocycles. The van der Waals surface area contributed by atoms with Crippen LogP contribution in [0.3, 0.4) is 0 Å². The number of alkyl halides is 1. The van der Waals surface area contributed by atoms with E-state index in [4.69, 9.17) is 0 Å². The van der Waals surface area contributed by atoms with Crippen LogP contribution in [0.4, 0.5) is 4.39 Å². The van der Waals surface area contributed by atoms with E-state index < -0.39 is 6.17 Å². The molecule has 16 heavy (non-hydrogen) atoms. The lowest BCUT2D eigenvalue weighted by Crippen LogP contribution is -2.03. The van der Waals surface area contributed by atoms with E-state index in [-0.39, 0.29) is 15.6 Å². The van der Waals surface area contributed by atoms with Crippen molar-refractivity contribution < 1.29 is 9.18 Å². The third kappa shape index (κ3) is 3.27. The van der Waals surface area contributed by atoms with E-state index in [1.807, 2.05) is 32.9 Å². The van der Waals surface area contributed by atoms with E-state index in [0.29, 0.717) is 5.56 Å². The highest BCUT2D eigenvalue weighted by molar-refractivity contribution is 14.1. The molecule has 0 fully saturated rings. The van der Waals surface area contributed by atoms with E-state index in [0.717, 1.165) is 5.56 Å². The number of carbonyl (C=O) groups is 1. The fourth-order valence-electron chi connectivity index (χ4n) is 1.48. The Morgan fingerprint density at radius 2 is 1.56 bits per heavy atom. The standard InChI is InChI=1S/C13H16FIO/c1-8(2)12(14)11-6-4-10(5-7-11)9(3)13(15)16/h4-9,12H,1-3H3. The minimum absolute atomic E-state index is 0.0190. The van der Waals surface area contributed by atoms with E-state index in [2.05, 4.69) is 0 Å². The maximum absolute atomic E-state index is 13.7. The molecular weight excluding hydrogens is 318 g/mol. The molecule has 1 nitrogen and oxygen atoms in total. The first-order chi connectivity index (χ1) is 7.43. The Morgan fingerprint density at radius 1 is 1.12 bits per heavy atom. The van der Waals surface area contributed by atoms with Crippen LogP contribution in [0.1, 0.15) is 44.0 Å². The Kier molecular flexibility index (Phi) is 4.89. The topological polar surface area (TPSA) is 17.1 Å². The number of hydrogen-bond acceptors (Lipinski definition) is 1. The summed E-state index contributed by atoms with van der Waals surface area (Å²) in [6.45, 7) is 5.57. The van der Waals surface area contributed by atoms with Crippen molar-refractivity contribution in [3.8, 4) is 0 Å². The Balaban J connectivity index is 2.87. The molecule has 0 amide bonds. The SMILES string of the molecule is CC(C(=O)I)c1ccc(C(F)C(C)C)cc1. The van der Waals surface area contributed by atoms with Gasteiger partial charge in [0, 0.05) is 28.5 Å². The molecule has 0 aromatic heterocycles. The summed E-state index contributed by atoms with van der Waals surface area (Å²) in [6.07, 6.45) is -0.931. The molecule has 0 spiro atoms. The van der Waals surface area contributed by atoms with Crippen molar-refractivity contribution in [1.82, 2.24) is 0 Å². The van der Waals surface area contributed by atoms with E-state index >= 15 is 0 Å². The van der Waals surface area contributed by atoms with Crippen molar-refractivity contribution in [2.75, 3.05) is 0 Å². The lowest BCUT2D eigenvalue weighted by atomic mass is 9.96. The molecule has 88 valence electrons. The monoisotopic (exact) mass is 334 g/mol. The van der Waals surface area contributed by atoms with Gasteiger partial charge in [-0.1, -0.05) is 45.0 Å². The molecule has 0 N–H and O–H groups in total. The van der Waals surface area contributed by atoms with Crippen molar-refractivity contribution in [3.05, 3.63) is 35.4 Å². The highest BCUT2D eigenvalue weighted by Gasteiger charge is 2.16.